The van der Waals surface area contributed by atoms with Gasteiger partial charge < -0.3 is 5.73 Å². The van der Waals surface area contributed by atoms with Crippen LogP contribution >= 0.6 is 22.7 Å². The molecule has 0 atom stereocenters. The first-order chi connectivity index (χ1) is 8.04. The van der Waals surface area contributed by atoms with Crippen molar-refractivity contribution in [1.29, 1.82) is 0 Å². The molecule has 3 N–H and O–H groups in total. The van der Waals surface area contributed by atoms with Gasteiger partial charge in [-0.1, -0.05) is 0 Å². The number of rotatable bonds is 4. The summed E-state index contributed by atoms with van der Waals surface area (Å²) in [4.78, 5) is 4.83. The van der Waals surface area contributed by atoms with Gasteiger partial charge in [0, 0.05) is 23.0 Å². The molecule has 0 radical (unpaired) electrons. The standard InChI is InChI=1S/C9H11N3O2S3/c1-6-5-16-7(4-10)8(6)17(13,14)12-9-11-2-3-15-9/h2-3,5H,4,10H2,1H3,(H,11,12). The summed E-state index contributed by atoms with van der Waals surface area (Å²) in [5.41, 5.74) is 6.25. The monoisotopic (exact) mass is 289 g/mol. The van der Waals surface area contributed by atoms with Crippen molar-refractivity contribution in [2.45, 2.75) is 18.4 Å². The van der Waals surface area contributed by atoms with Gasteiger partial charge in [0.25, 0.3) is 10.0 Å². The second kappa shape index (κ2) is 4.73. The molecule has 0 saturated heterocycles. The minimum atomic E-state index is -3.58. The fourth-order valence-electron chi connectivity index (χ4n) is 1.43. The molecular weight excluding hydrogens is 278 g/mol. The first kappa shape index (κ1) is 12.5. The van der Waals surface area contributed by atoms with Crippen LogP contribution in [-0.4, -0.2) is 13.4 Å². The number of anilines is 1. The number of nitrogens with zero attached hydrogens (tertiary/aromatic N) is 1. The van der Waals surface area contributed by atoms with E-state index in [-0.39, 0.29) is 11.4 Å². The maximum atomic E-state index is 12.2. The van der Waals surface area contributed by atoms with Crippen molar-refractivity contribution < 1.29 is 8.42 Å². The van der Waals surface area contributed by atoms with E-state index in [0.29, 0.717) is 15.6 Å². The Morgan fingerprint density at radius 3 is 2.82 bits per heavy atom. The third-order valence-electron chi connectivity index (χ3n) is 2.10. The van der Waals surface area contributed by atoms with Gasteiger partial charge in [0.05, 0.1) is 0 Å². The number of thiazole rings is 1. The van der Waals surface area contributed by atoms with Crippen LogP contribution in [0, 0.1) is 6.92 Å². The summed E-state index contributed by atoms with van der Waals surface area (Å²) in [6.45, 7) is 1.97. The van der Waals surface area contributed by atoms with E-state index in [1.807, 2.05) is 0 Å². The fraction of sp³-hybridized carbons (Fsp3) is 0.222. The predicted molar refractivity (Wildman–Crippen MR) is 69.9 cm³/mol. The van der Waals surface area contributed by atoms with E-state index in [2.05, 4.69) is 9.71 Å². The van der Waals surface area contributed by atoms with Gasteiger partial charge in [0.2, 0.25) is 0 Å². The molecule has 0 aliphatic carbocycles. The van der Waals surface area contributed by atoms with Crippen LogP contribution in [0.1, 0.15) is 10.4 Å². The molecule has 17 heavy (non-hydrogen) atoms. The smallest absolute Gasteiger partial charge is 0.265 e. The van der Waals surface area contributed by atoms with Crippen molar-refractivity contribution in [2.75, 3.05) is 4.72 Å². The molecule has 2 aromatic heterocycles. The number of sulfonamides is 1. The highest BCUT2D eigenvalue weighted by atomic mass is 32.2. The lowest BCUT2D eigenvalue weighted by Gasteiger charge is -2.06. The highest BCUT2D eigenvalue weighted by Gasteiger charge is 2.23. The van der Waals surface area contributed by atoms with Crippen LogP contribution in [0.25, 0.3) is 0 Å². The van der Waals surface area contributed by atoms with Gasteiger partial charge in [-0.2, -0.15) is 0 Å². The van der Waals surface area contributed by atoms with Gasteiger partial charge in [0.15, 0.2) is 5.13 Å². The van der Waals surface area contributed by atoms with Crippen LogP contribution in [0.4, 0.5) is 5.13 Å². The molecule has 0 aromatic carbocycles. The average molecular weight is 289 g/mol. The summed E-state index contributed by atoms with van der Waals surface area (Å²) in [6, 6.07) is 0. The summed E-state index contributed by atoms with van der Waals surface area (Å²) < 4.78 is 26.8. The van der Waals surface area contributed by atoms with Crippen molar-refractivity contribution >= 4 is 37.8 Å². The molecule has 92 valence electrons. The maximum absolute atomic E-state index is 12.2. The number of nitrogens with two attached hydrogens (primary N) is 1. The SMILES string of the molecule is Cc1csc(CN)c1S(=O)(=O)Nc1nccs1. The van der Waals surface area contributed by atoms with Crippen molar-refractivity contribution in [3.05, 3.63) is 27.4 Å². The van der Waals surface area contributed by atoms with Gasteiger partial charge >= 0.3 is 0 Å². The molecule has 5 nitrogen and oxygen atoms in total. The molecule has 0 unspecified atom stereocenters. The summed E-state index contributed by atoms with van der Waals surface area (Å²) in [5, 5.41) is 3.86. The third-order valence-corrected chi connectivity index (χ3v) is 5.74. The zero-order valence-corrected chi connectivity index (χ0v) is 11.5. The molecular formula is C9H11N3O2S3. The predicted octanol–water partition coefficient (Wildman–Crippen LogP) is 1.77. The molecule has 0 aliphatic rings. The van der Waals surface area contributed by atoms with Gasteiger partial charge in [-0.05, 0) is 17.9 Å². The minimum absolute atomic E-state index is 0.215. The molecule has 0 amide bonds. The molecule has 2 heterocycles. The molecule has 0 aliphatic heterocycles. The lowest BCUT2D eigenvalue weighted by atomic mass is 10.3. The molecule has 2 rings (SSSR count). The summed E-state index contributed by atoms with van der Waals surface area (Å²) in [6.07, 6.45) is 1.55. The van der Waals surface area contributed by atoms with Crippen LogP contribution in [-0.2, 0) is 16.6 Å². The molecule has 2 aromatic rings. The Kier molecular flexibility index (Phi) is 3.48. The molecule has 0 bridgehead atoms. The molecule has 8 heteroatoms. The largest absolute Gasteiger partial charge is 0.326 e. The van der Waals surface area contributed by atoms with E-state index in [1.165, 1.54) is 22.7 Å². The minimum Gasteiger partial charge on any atom is -0.326 e. The normalized spacial score (nSPS) is 11.6. The molecule has 0 saturated carbocycles. The van der Waals surface area contributed by atoms with E-state index in [9.17, 15) is 8.42 Å². The Hall–Kier alpha value is -0.960. The lowest BCUT2D eigenvalue weighted by Crippen LogP contribution is -2.15. The highest BCUT2D eigenvalue weighted by molar-refractivity contribution is 7.93. The van der Waals surface area contributed by atoms with Gasteiger partial charge in [-0.3, -0.25) is 4.72 Å². The second-order valence-electron chi connectivity index (χ2n) is 3.32. The Balaban J connectivity index is 2.41. The zero-order chi connectivity index (χ0) is 12.5. The third kappa shape index (κ3) is 2.49. The van der Waals surface area contributed by atoms with Crippen molar-refractivity contribution in [2.24, 2.45) is 5.73 Å². The van der Waals surface area contributed by atoms with E-state index in [0.717, 1.165) is 0 Å². The van der Waals surface area contributed by atoms with E-state index < -0.39 is 10.0 Å². The Labute approximate surface area is 107 Å². The van der Waals surface area contributed by atoms with Gasteiger partial charge in [0.1, 0.15) is 4.90 Å². The summed E-state index contributed by atoms with van der Waals surface area (Å²) in [5.74, 6) is 0. The average Bonchev–Trinajstić information content (AvgIpc) is 2.86. The highest BCUT2D eigenvalue weighted by Crippen LogP contribution is 2.28. The topological polar surface area (TPSA) is 85.1 Å². The van der Waals surface area contributed by atoms with Crippen molar-refractivity contribution in [3.8, 4) is 0 Å². The first-order valence-corrected chi connectivity index (χ1v) is 7.98. The Morgan fingerprint density at radius 1 is 1.47 bits per heavy atom. The quantitative estimate of drug-likeness (QED) is 0.898. The van der Waals surface area contributed by atoms with Gasteiger partial charge in [-0.15, -0.1) is 22.7 Å². The number of aryl methyl sites for hydroxylation is 1. The number of hydrogen-bond donors (Lipinski definition) is 2. The van der Waals surface area contributed by atoms with E-state index in [1.54, 1.807) is 23.9 Å². The maximum Gasteiger partial charge on any atom is 0.265 e. The van der Waals surface area contributed by atoms with Crippen molar-refractivity contribution in [1.82, 2.24) is 4.98 Å². The number of aromatic nitrogens is 1. The Morgan fingerprint density at radius 2 is 2.24 bits per heavy atom. The fourth-order valence-corrected chi connectivity index (χ4v) is 4.92. The van der Waals surface area contributed by atoms with E-state index >= 15 is 0 Å². The zero-order valence-electron chi connectivity index (χ0n) is 9.00. The first-order valence-electron chi connectivity index (χ1n) is 4.74. The van der Waals surface area contributed by atoms with Crippen LogP contribution in [0.5, 0.6) is 0 Å². The van der Waals surface area contributed by atoms with Crippen LogP contribution in [0.15, 0.2) is 21.9 Å². The molecule has 0 spiro atoms. The lowest BCUT2D eigenvalue weighted by molar-refractivity contribution is 0.600. The van der Waals surface area contributed by atoms with Crippen LogP contribution in [0.2, 0.25) is 0 Å². The second-order valence-corrected chi connectivity index (χ2v) is 6.80. The number of hydrogen-bond acceptors (Lipinski definition) is 6. The van der Waals surface area contributed by atoms with E-state index in [4.69, 9.17) is 5.73 Å². The Bertz CT molecular complexity index is 601. The molecule has 0 fully saturated rings. The van der Waals surface area contributed by atoms with Gasteiger partial charge in [-0.25, -0.2) is 13.4 Å². The summed E-state index contributed by atoms with van der Waals surface area (Å²) in [7, 11) is -3.58. The van der Waals surface area contributed by atoms with Crippen LogP contribution in [0.3, 0.4) is 0 Å². The number of nitrogens with one attached hydrogen (secondary N) is 1. The summed E-state index contributed by atoms with van der Waals surface area (Å²) >= 11 is 2.59. The van der Waals surface area contributed by atoms with Crippen LogP contribution < -0.4 is 10.5 Å². The number of thiophene rings is 1. The van der Waals surface area contributed by atoms with Crippen molar-refractivity contribution in [3.63, 3.8) is 0 Å².